The normalized spacial score (nSPS) is 12.1. The summed E-state index contributed by atoms with van der Waals surface area (Å²) in [5.74, 6) is 0. The maximum Gasteiger partial charge on any atom is 0.0718 e. The Hall–Kier alpha value is -0.900. The Bertz CT molecular complexity index is 366. The van der Waals surface area contributed by atoms with Crippen LogP contribution in [0.2, 0.25) is 0 Å². The summed E-state index contributed by atoms with van der Waals surface area (Å²) in [6, 6.07) is 9.07. The van der Waals surface area contributed by atoms with Gasteiger partial charge in [0, 0.05) is 12.6 Å². The quantitative estimate of drug-likeness (QED) is 0.739. The van der Waals surface area contributed by atoms with Crippen LogP contribution in [0.3, 0.4) is 0 Å². The molecule has 0 bridgehead atoms. The van der Waals surface area contributed by atoms with Crippen molar-refractivity contribution >= 4 is 0 Å². The minimum atomic E-state index is -0.0889. The molecule has 1 N–H and O–H groups in total. The van der Waals surface area contributed by atoms with E-state index >= 15 is 0 Å². The number of rotatable bonds is 8. The summed E-state index contributed by atoms with van der Waals surface area (Å²) < 4.78 is 11.2. The first-order valence-corrected chi connectivity index (χ1v) is 7.40. The van der Waals surface area contributed by atoms with Gasteiger partial charge in [-0.05, 0) is 31.9 Å². The lowest BCUT2D eigenvalue weighted by Gasteiger charge is -2.19. The fourth-order valence-corrected chi connectivity index (χ4v) is 1.67. The molecular weight excluding hydrogens is 250 g/mol. The average molecular weight is 279 g/mol. The molecule has 1 aromatic carbocycles. The molecule has 0 heterocycles. The molecule has 0 atom stereocenters. The van der Waals surface area contributed by atoms with Crippen LogP contribution in [0.25, 0.3) is 0 Å². The molecule has 0 spiro atoms. The van der Waals surface area contributed by atoms with Gasteiger partial charge in [-0.2, -0.15) is 0 Å². The summed E-state index contributed by atoms with van der Waals surface area (Å²) in [5.41, 5.74) is 2.42. The summed E-state index contributed by atoms with van der Waals surface area (Å²) in [6.07, 6.45) is 0. The highest BCUT2D eigenvalue weighted by atomic mass is 16.5. The van der Waals surface area contributed by atoms with E-state index in [0.29, 0.717) is 25.9 Å². The van der Waals surface area contributed by atoms with Crippen LogP contribution in [-0.2, 0) is 22.6 Å². The monoisotopic (exact) mass is 279 g/mol. The van der Waals surface area contributed by atoms with Gasteiger partial charge in [0.05, 0.1) is 25.4 Å². The molecule has 114 valence electrons. The van der Waals surface area contributed by atoms with E-state index in [-0.39, 0.29) is 5.60 Å². The lowest BCUT2D eigenvalue weighted by Crippen LogP contribution is -2.22. The zero-order valence-corrected chi connectivity index (χ0v) is 13.5. The molecule has 0 amide bonds. The number of nitrogens with one attached hydrogen (secondary N) is 1. The highest BCUT2D eigenvalue weighted by Crippen LogP contribution is 2.08. The molecular formula is C17H29NO2. The first kappa shape index (κ1) is 17.2. The highest BCUT2D eigenvalue weighted by Gasteiger charge is 2.08. The molecule has 1 rings (SSSR count). The average Bonchev–Trinajstić information content (AvgIpc) is 2.36. The maximum atomic E-state index is 5.61. The summed E-state index contributed by atoms with van der Waals surface area (Å²) in [7, 11) is 0. The third kappa shape index (κ3) is 8.31. The van der Waals surface area contributed by atoms with E-state index in [1.165, 1.54) is 11.1 Å². The third-order valence-corrected chi connectivity index (χ3v) is 2.77. The maximum absolute atomic E-state index is 5.61. The highest BCUT2D eigenvalue weighted by molar-refractivity contribution is 5.21. The summed E-state index contributed by atoms with van der Waals surface area (Å²) in [4.78, 5) is 0. The topological polar surface area (TPSA) is 30.5 Å². The minimum Gasteiger partial charge on any atom is -0.374 e. The molecule has 0 aliphatic rings. The third-order valence-electron chi connectivity index (χ3n) is 2.77. The van der Waals surface area contributed by atoms with Crippen molar-refractivity contribution in [2.24, 2.45) is 0 Å². The van der Waals surface area contributed by atoms with Gasteiger partial charge in [0.2, 0.25) is 0 Å². The Morgan fingerprint density at radius 3 is 2.15 bits per heavy atom. The van der Waals surface area contributed by atoms with E-state index in [9.17, 15) is 0 Å². The van der Waals surface area contributed by atoms with E-state index in [0.717, 1.165) is 6.54 Å². The standard InChI is InChI=1S/C17H29NO2/c1-14(2)18-12-15-6-8-16(9-7-15)13-19-10-11-20-17(3,4)5/h6-9,14,18H,10-13H2,1-5H3. The van der Waals surface area contributed by atoms with Crippen molar-refractivity contribution in [2.45, 2.75) is 59.4 Å². The van der Waals surface area contributed by atoms with Gasteiger partial charge in [-0.15, -0.1) is 0 Å². The van der Waals surface area contributed by atoms with Crippen molar-refractivity contribution in [2.75, 3.05) is 13.2 Å². The Balaban J connectivity index is 2.21. The van der Waals surface area contributed by atoms with Crippen molar-refractivity contribution in [1.82, 2.24) is 5.32 Å². The summed E-state index contributed by atoms with van der Waals surface area (Å²) >= 11 is 0. The number of hydrogen-bond acceptors (Lipinski definition) is 3. The molecule has 0 fully saturated rings. The minimum absolute atomic E-state index is 0.0889. The summed E-state index contributed by atoms with van der Waals surface area (Å²) in [6.45, 7) is 13.3. The molecule has 0 aromatic heterocycles. The zero-order valence-electron chi connectivity index (χ0n) is 13.5. The fraction of sp³-hybridized carbons (Fsp3) is 0.647. The second kappa shape index (κ2) is 8.40. The van der Waals surface area contributed by atoms with Gasteiger partial charge in [-0.25, -0.2) is 0 Å². The Labute approximate surface area is 123 Å². The van der Waals surface area contributed by atoms with Crippen molar-refractivity contribution in [3.63, 3.8) is 0 Å². The Morgan fingerprint density at radius 1 is 1.00 bits per heavy atom. The van der Waals surface area contributed by atoms with Crippen LogP contribution in [0.5, 0.6) is 0 Å². The molecule has 0 saturated heterocycles. The molecule has 3 heteroatoms. The van der Waals surface area contributed by atoms with Crippen LogP contribution in [0, 0.1) is 0 Å². The lowest BCUT2D eigenvalue weighted by atomic mass is 10.1. The first-order chi connectivity index (χ1) is 9.37. The van der Waals surface area contributed by atoms with Gasteiger partial charge in [0.15, 0.2) is 0 Å². The van der Waals surface area contributed by atoms with Crippen molar-refractivity contribution in [3.8, 4) is 0 Å². The van der Waals surface area contributed by atoms with E-state index in [1.807, 2.05) is 0 Å². The predicted octanol–water partition coefficient (Wildman–Crippen LogP) is 3.52. The van der Waals surface area contributed by atoms with Crippen LogP contribution < -0.4 is 5.32 Å². The van der Waals surface area contributed by atoms with Crippen LogP contribution in [0.1, 0.15) is 45.7 Å². The molecule has 0 saturated carbocycles. The van der Waals surface area contributed by atoms with Gasteiger partial charge in [0.25, 0.3) is 0 Å². The van der Waals surface area contributed by atoms with Crippen LogP contribution >= 0.6 is 0 Å². The van der Waals surface area contributed by atoms with E-state index in [1.54, 1.807) is 0 Å². The van der Waals surface area contributed by atoms with Gasteiger partial charge < -0.3 is 14.8 Å². The number of ether oxygens (including phenoxy) is 2. The van der Waals surface area contributed by atoms with Crippen molar-refractivity contribution in [3.05, 3.63) is 35.4 Å². The van der Waals surface area contributed by atoms with Gasteiger partial charge in [0.1, 0.15) is 0 Å². The SMILES string of the molecule is CC(C)NCc1ccc(COCCOC(C)(C)C)cc1. The molecule has 0 aliphatic heterocycles. The lowest BCUT2D eigenvalue weighted by molar-refractivity contribution is -0.0376. The van der Waals surface area contributed by atoms with E-state index in [2.05, 4.69) is 64.2 Å². The number of benzene rings is 1. The van der Waals surface area contributed by atoms with Crippen LogP contribution in [0.4, 0.5) is 0 Å². The fourth-order valence-electron chi connectivity index (χ4n) is 1.67. The molecule has 0 aliphatic carbocycles. The van der Waals surface area contributed by atoms with Crippen molar-refractivity contribution < 1.29 is 9.47 Å². The molecule has 20 heavy (non-hydrogen) atoms. The number of hydrogen-bond donors (Lipinski definition) is 1. The zero-order chi connectivity index (χ0) is 15.0. The molecule has 3 nitrogen and oxygen atoms in total. The van der Waals surface area contributed by atoms with E-state index in [4.69, 9.17) is 9.47 Å². The second-order valence-electron chi connectivity index (χ2n) is 6.37. The van der Waals surface area contributed by atoms with Crippen LogP contribution in [-0.4, -0.2) is 24.9 Å². The Morgan fingerprint density at radius 2 is 1.60 bits per heavy atom. The largest absolute Gasteiger partial charge is 0.374 e. The van der Waals surface area contributed by atoms with Gasteiger partial charge in [-0.1, -0.05) is 38.1 Å². The van der Waals surface area contributed by atoms with Crippen molar-refractivity contribution in [1.29, 1.82) is 0 Å². The van der Waals surface area contributed by atoms with Gasteiger partial charge >= 0.3 is 0 Å². The predicted molar refractivity (Wildman–Crippen MR) is 83.8 cm³/mol. The molecule has 0 radical (unpaired) electrons. The van der Waals surface area contributed by atoms with E-state index < -0.39 is 0 Å². The first-order valence-electron chi connectivity index (χ1n) is 7.40. The second-order valence-corrected chi connectivity index (χ2v) is 6.37. The molecule has 1 aromatic rings. The van der Waals surface area contributed by atoms with Gasteiger partial charge in [-0.3, -0.25) is 0 Å². The summed E-state index contributed by atoms with van der Waals surface area (Å²) in [5, 5.41) is 3.41. The Kier molecular flexibility index (Phi) is 7.20. The van der Waals surface area contributed by atoms with Crippen LogP contribution in [0.15, 0.2) is 24.3 Å². The molecule has 0 unspecified atom stereocenters. The smallest absolute Gasteiger partial charge is 0.0718 e.